The number of rotatable bonds is 2. The first-order valence-corrected chi connectivity index (χ1v) is 7.83. The van der Waals surface area contributed by atoms with Crippen molar-refractivity contribution in [1.82, 2.24) is 0 Å². The molecule has 0 N–H and O–H groups in total. The Labute approximate surface area is 139 Å². The maximum atomic E-state index is 12.6. The van der Waals surface area contributed by atoms with Gasteiger partial charge in [0.25, 0.3) is 0 Å². The zero-order valence-corrected chi connectivity index (χ0v) is 13.5. The molecule has 1 atom stereocenters. The van der Waals surface area contributed by atoms with Crippen LogP contribution in [0.5, 0.6) is 5.75 Å². The Morgan fingerprint density at radius 1 is 1.12 bits per heavy atom. The monoisotopic (exact) mass is 320 g/mol. The van der Waals surface area contributed by atoms with Crippen molar-refractivity contribution in [3.05, 3.63) is 53.6 Å². The van der Waals surface area contributed by atoms with E-state index in [0.717, 1.165) is 27.1 Å². The first-order chi connectivity index (χ1) is 11.6. The number of Topliss-reactive ketones (excluding diaryl/α,β-unsaturated/α-hetero) is 1. The zero-order chi connectivity index (χ0) is 16.8. The third-order valence-electron chi connectivity index (χ3n) is 4.58. The molecule has 120 valence electrons. The van der Waals surface area contributed by atoms with E-state index in [2.05, 4.69) is 0 Å². The first-order valence-electron chi connectivity index (χ1n) is 7.83. The van der Waals surface area contributed by atoms with E-state index in [1.807, 2.05) is 36.4 Å². The number of hydrogen-bond acceptors (Lipinski definition) is 4. The highest BCUT2D eigenvalue weighted by Gasteiger charge is 2.35. The van der Waals surface area contributed by atoms with Gasteiger partial charge in [0.2, 0.25) is 5.78 Å². The summed E-state index contributed by atoms with van der Waals surface area (Å²) in [6.07, 6.45) is -0.327. The maximum Gasteiger partial charge on any atom is 0.303 e. The third kappa shape index (κ3) is 2.07. The minimum Gasteiger partial charge on any atom is -0.496 e. The number of esters is 1. The second-order valence-corrected chi connectivity index (χ2v) is 5.98. The lowest BCUT2D eigenvalue weighted by Crippen LogP contribution is -2.22. The van der Waals surface area contributed by atoms with Gasteiger partial charge in [-0.05, 0) is 27.8 Å². The predicted molar refractivity (Wildman–Crippen MR) is 91.6 cm³/mol. The largest absolute Gasteiger partial charge is 0.496 e. The van der Waals surface area contributed by atoms with Gasteiger partial charge in [-0.25, -0.2) is 0 Å². The predicted octanol–water partition coefficient (Wildman–Crippen LogP) is 3.67. The summed E-state index contributed by atoms with van der Waals surface area (Å²) >= 11 is 0. The van der Waals surface area contributed by atoms with Gasteiger partial charge in [-0.3, -0.25) is 9.59 Å². The molecule has 0 aromatic heterocycles. The number of carbonyl (C=O) groups excluding carboxylic acids is 2. The van der Waals surface area contributed by atoms with Crippen LogP contribution >= 0.6 is 0 Å². The van der Waals surface area contributed by atoms with Gasteiger partial charge in [-0.2, -0.15) is 0 Å². The number of ether oxygens (including phenoxy) is 2. The Hall–Kier alpha value is -2.88. The highest BCUT2D eigenvalue weighted by atomic mass is 16.5. The van der Waals surface area contributed by atoms with Crippen molar-refractivity contribution >= 4 is 33.3 Å². The van der Waals surface area contributed by atoms with Gasteiger partial charge < -0.3 is 9.47 Å². The number of carbonyl (C=O) groups is 2. The molecular formula is C20H16O4. The molecule has 0 spiro atoms. The second-order valence-electron chi connectivity index (χ2n) is 5.98. The van der Waals surface area contributed by atoms with Gasteiger partial charge in [0.1, 0.15) is 5.75 Å². The third-order valence-corrected chi connectivity index (χ3v) is 4.58. The molecule has 3 aromatic rings. The highest BCUT2D eigenvalue weighted by molar-refractivity contribution is 6.17. The Kier molecular flexibility index (Phi) is 3.27. The van der Waals surface area contributed by atoms with E-state index >= 15 is 0 Å². The molecule has 1 aliphatic rings. The van der Waals surface area contributed by atoms with Crippen LogP contribution in [0.15, 0.2) is 42.5 Å². The number of benzene rings is 3. The Bertz CT molecular complexity index is 1000. The van der Waals surface area contributed by atoms with E-state index in [0.29, 0.717) is 17.7 Å². The molecule has 4 nitrogen and oxygen atoms in total. The van der Waals surface area contributed by atoms with E-state index in [-0.39, 0.29) is 5.78 Å². The van der Waals surface area contributed by atoms with Crippen molar-refractivity contribution in [3.63, 3.8) is 0 Å². The van der Waals surface area contributed by atoms with Crippen LogP contribution in [0.2, 0.25) is 0 Å². The molecule has 0 saturated heterocycles. The highest BCUT2D eigenvalue weighted by Crippen LogP contribution is 2.40. The van der Waals surface area contributed by atoms with Gasteiger partial charge in [0, 0.05) is 24.3 Å². The summed E-state index contributed by atoms with van der Waals surface area (Å²) in [7, 11) is 1.60. The molecular weight excluding hydrogens is 304 g/mol. The quantitative estimate of drug-likeness (QED) is 0.534. The lowest BCUT2D eigenvalue weighted by atomic mass is 9.95. The summed E-state index contributed by atoms with van der Waals surface area (Å²) in [5, 5.41) is 4.17. The fourth-order valence-corrected chi connectivity index (χ4v) is 3.57. The number of hydrogen-bond donors (Lipinski definition) is 0. The van der Waals surface area contributed by atoms with E-state index in [1.54, 1.807) is 13.2 Å². The number of methoxy groups -OCH3 is 1. The minimum absolute atomic E-state index is 0.159. The molecule has 0 amide bonds. The topological polar surface area (TPSA) is 52.6 Å². The Morgan fingerprint density at radius 3 is 2.67 bits per heavy atom. The van der Waals surface area contributed by atoms with E-state index in [9.17, 15) is 9.59 Å². The van der Waals surface area contributed by atoms with E-state index in [4.69, 9.17) is 9.47 Å². The first kappa shape index (κ1) is 14.7. The molecule has 1 unspecified atom stereocenters. The molecule has 0 bridgehead atoms. The smallest absolute Gasteiger partial charge is 0.303 e. The number of ketones is 1. The fourth-order valence-electron chi connectivity index (χ4n) is 3.57. The molecule has 4 heteroatoms. The van der Waals surface area contributed by atoms with Gasteiger partial charge in [0.05, 0.1) is 7.11 Å². The molecule has 0 aliphatic heterocycles. The molecule has 0 saturated carbocycles. The lowest BCUT2D eigenvalue weighted by molar-refractivity contribution is -0.143. The minimum atomic E-state index is -0.737. The summed E-state index contributed by atoms with van der Waals surface area (Å²) in [6.45, 7) is 1.32. The van der Waals surface area contributed by atoms with Crippen LogP contribution in [0.4, 0.5) is 0 Å². The van der Waals surface area contributed by atoms with Crippen molar-refractivity contribution in [1.29, 1.82) is 0 Å². The van der Waals surface area contributed by atoms with Crippen molar-refractivity contribution in [2.24, 2.45) is 0 Å². The molecule has 0 heterocycles. The molecule has 24 heavy (non-hydrogen) atoms. The summed E-state index contributed by atoms with van der Waals surface area (Å²) < 4.78 is 10.8. The van der Waals surface area contributed by atoms with Crippen LogP contribution < -0.4 is 4.74 Å². The van der Waals surface area contributed by atoms with Crippen LogP contribution in [-0.4, -0.2) is 25.0 Å². The van der Waals surface area contributed by atoms with Crippen LogP contribution in [-0.2, 0) is 16.0 Å². The molecule has 0 fully saturated rings. The molecule has 1 aliphatic carbocycles. The van der Waals surface area contributed by atoms with Crippen LogP contribution in [0.1, 0.15) is 22.8 Å². The summed E-state index contributed by atoms with van der Waals surface area (Å²) in [5.74, 6) is 0.0637. The van der Waals surface area contributed by atoms with Crippen LogP contribution in [0, 0.1) is 0 Å². The molecule has 0 radical (unpaired) electrons. The summed E-state index contributed by atoms with van der Waals surface area (Å²) in [4.78, 5) is 23.8. The van der Waals surface area contributed by atoms with Gasteiger partial charge >= 0.3 is 5.97 Å². The SMILES string of the molecule is COc1cc2c(c3ccc4ccccc4c13)CC(OC(C)=O)C2=O. The van der Waals surface area contributed by atoms with Gasteiger partial charge in [-0.1, -0.05) is 36.4 Å². The zero-order valence-electron chi connectivity index (χ0n) is 13.5. The van der Waals surface area contributed by atoms with Crippen molar-refractivity contribution in [3.8, 4) is 5.75 Å². The average molecular weight is 320 g/mol. The van der Waals surface area contributed by atoms with Crippen LogP contribution in [0.3, 0.4) is 0 Å². The fraction of sp³-hybridized carbons (Fsp3) is 0.200. The van der Waals surface area contributed by atoms with Crippen molar-refractivity contribution in [2.45, 2.75) is 19.4 Å². The van der Waals surface area contributed by atoms with Crippen molar-refractivity contribution in [2.75, 3.05) is 7.11 Å². The van der Waals surface area contributed by atoms with E-state index in [1.165, 1.54) is 6.92 Å². The normalized spacial score (nSPS) is 16.4. The summed E-state index contributed by atoms with van der Waals surface area (Å²) in [6, 6.07) is 13.9. The van der Waals surface area contributed by atoms with Crippen LogP contribution in [0.25, 0.3) is 21.5 Å². The van der Waals surface area contributed by atoms with Gasteiger partial charge in [-0.15, -0.1) is 0 Å². The van der Waals surface area contributed by atoms with Crippen molar-refractivity contribution < 1.29 is 19.1 Å². The molecule has 4 rings (SSSR count). The summed E-state index contributed by atoms with van der Waals surface area (Å²) in [5.41, 5.74) is 1.51. The second kappa shape index (κ2) is 5.34. The molecule has 3 aromatic carbocycles. The standard InChI is InChI=1S/C20H16O4/c1-11(21)24-18-9-15-14-8-7-12-5-3-4-6-13(12)19(14)17(23-2)10-16(15)20(18)22/h3-8,10,18H,9H2,1-2H3. The Balaban J connectivity index is 2.02. The average Bonchev–Trinajstić information content (AvgIpc) is 2.89. The maximum absolute atomic E-state index is 12.6. The lowest BCUT2D eigenvalue weighted by Gasteiger charge is -2.12. The van der Waals surface area contributed by atoms with E-state index < -0.39 is 12.1 Å². The Morgan fingerprint density at radius 2 is 1.92 bits per heavy atom. The van der Waals surface area contributed by atoms with Gasteiger partial charge in [0.15, 0.2) is 6.10 Å². The number of fused-ring (bicyclic) bond motifs is 5.